The Bertz CT molecular complexity index is 377. The van der Waals surface area contributed by atoms with Crippen molar-refractivity contribution in [1.29, 1.82) is 0 Å². The van der Waals surface area contributed by atoms with Crippen LogP contribution in [0.1, 0.15) is 32.1 Å². The Balaban J connectivity index is 2.39. The van der Waals surface area contributed by atoms with Crippen LogP contribution in [0, 0.1) is 0 Å². The van der Waals surface area contributed by atoms with Crippen molar-refractivity contribution < 1.29 is 9.21 Å². The smallest absolute Gasteiger partial charge is 0.322 e. The number of nitrogens with zero attached hydrogens (tertiary/aromatic N) is 3. The predicted molar refractivity (Wildman–Crippen MR) is 68.2 cm³/mol. The Labute approximate surface area is 107 Å². The maximum Gasteiger partial charge on any atom is 0.322 e. The summed E-state index contributed by atoms with van der Waals surface area (Å²) in [6.07, 6.45) is 0.863. The molecule has 0 aliphatic heterocycles. The van der Waals surface area contributed by atoms with Gasteiger partial charge in [-0.3, -0.25) is 15.0 Å². The van der Waals surface area contributed by atoms with Gasteiger partial charge in [0.1, 0.15) is 0 Å². The number of nitrogens with two attached hydrogens (primary N) is 1. The summed E-state index contributed by atoms with van der Waals surface area (Å²) in [7, 11) is 1.86. The summed E-state index contributed by atoms with van der Waals surface area (Å²) in [6.45, 7) is 5.57. The summed E-state index contributed by atoms with van der Waals surface area (Å²) < 4.78 is 5.29. The highest BCUT2D eigenvalue weighted by Gasteiger charge is 2.13. The van der Waals surface area contributed by atoms with Gasteiger partial charge in [-0.25, -0.2) is 0 Å². The summed E-state index contributed by atoms with van der Waals surface area (Å²) in [5.74, 6) is 0.491. The molecule has 0 fully saturated rings. The summed E-state index contributed by atoms with van der Waals surface area (Å²) in [4.78, 5) is 13.5. The number of hydrogen-bond acceptors (Lipinski definition) is 6. The van der Waals surface area contributed by atoms with Gasteiger partial charge in [-0.05, 0) is 26.6 Å². The molecule has 7 nitrogen and oxygen atoms in total. The van der Waals surface area contributed by atoms with Crippen molar-refractivity contribution in [3.8, 4) is 0 Å². The first kappa shape index (κ1) is 14.6. The van der Waals surface area contributed by atoms with E-state index < -0.39 is 0 Å². The van der Waals surface area contributed by atoms with Crippen LogP contribution in [0.25, 0.3) is 0 Å². The molecule has 0 bridgehead atoms. The van der Waals surface area contributed by atoms with Crippen LogP contribution in [0.2, 0.25) is 0 Å². The fraction of sp³-hybridized carbons (Fsp3) is 0.727. The standard InChI is InChI=1S/C11H21N5O2/c1-8(2)10-14-15-11(18-10)13-9(17)7-16(3)6-4-5-12/h8H,4-7,12H2,1-3H3,(H,13,15,17). The van der Waals surface area contributed by atoms with E-state index in [1.807, 2.05) is 25.8 Å². The van der Waals surface area contributed by atoms with E-state index in [1.165, 1.54) is 0 Å². The molecule has 0 aromatic carbocycles. The summed E-state index contributed by atoms with van der Waals surface area (Å²) in [5.41, 5.74) is 5.40. The number of likely N-dealkylation sites (N-methyl/N-ethyl adjacent to an activating group) is 1. The average molecular weight is 255 g/mol. The van der Waals surface area contributed by atoms with Gasteiger partial charge in [-0.2, -0.15) is 0 Å². The number of nitrogens with one attached hydrogen (secondary N) is 1. The predicted octanol–water partition coefficient (Wildman–Crippen LogP) is 0.412. The Hall–Kier alpha value is -1.47. The van der Waals surface area contributed by atoms with Gasteiger partial charge < -0.3 is 10.2 Å². The zero-order valence-corrected chi connectivity index (χ0v) is 11.1. The van der Waals surface area contributed by atoms with E-state index in [4.69, 9.17) is 10.2 Å². The molecular weight excluding hydrogens is 234 g/mol. The SMILES string of the molecule is CC(C)c1nnc(NC(=O)CN(C)CCCN)o1. The zero-order valence-electron chi connectivity index (χ0n) is 11.1. The molecule has 102 valence electrons. The molecule has 1 heterocycles. The Morgan fingerprint density at radius 2 is 2.22 bits per heavy atom. The van der Waals surface area contributed by atoms with Crippen molar-refractivity contribution in [2.45, 2.75) is 26.2 Å². The van der Waals surface area contributed by atoms with Crippen molar-refractivity contribution in [3.05, 3.63) is 5.89 Å². The number of carbonyl (C=O) groups is 1. The summed E-state index contributed by atoms with van der Waals surface area (Å²) in [5, 5.41) is 10.2. The van der Waals surface area contributed by atoms with E-state index in [2.05, 4.69) is 15.5 Å². The molecule has 0 spiro atoms. The lowest BCUT2D eigenvalue weighted by Crippen LogP contribution is -2.31. The lowest BCUT2D eigenvalue weighted by molar-refractivity contribution is -0.117. The second-order valence-electron chi connectivity index (χ2n) is 4.53. The molecule has 0 atom stereocenters. The van der Waals surface area contributed by atoms with Gasteiger partial charge in [0.25, 0.3) is 0 Å². The summed E-state index contributed by atoms with van der Waals surface area (Å²) in [6, 6.07) is 0.149. The number of anilines is 1. The van der Waals surface area contributed by atoms with Crippen LogP contribution in [-0.2, 0) is 4.79 Å². The first-order valence-corrected chi connectivity index (χ1v) is 6.04. The Morgan fingerprint density at radius 3 is 2.78 bits per heavy atom. The second kappa shape index (κ2) is 7.07. The van der Waals surface area contributed by atoms with Crippen LogP contribution in [0.15, 0.2) is 4.42 Å². The minimum atomic E-state index is -0.173. The maximum atomic E-state index is 11.7. The fourth-order valence-corrected chi connectivity index (χ4v) is 1.36. The second-order valence-corrected chi connectivity index (χ2v) is 4.53. The molecule has 0 aliphatic carbocycles. The van der Waals surface area contributed by atoms with E-state index in [1.54, 1.807) is 0 Å². The molecule has 1 aromatic heterocycles. The van der Waals surface area contributed by atoms with Gasteiger partial charge >= 0.3 is 6.01 Å². The van der Waals surface area contributed by atoms with E-state index in [9.17, 15) is 4.79 Å². The van der Waals surface area contributed by atoms with Gasteiger partial charge in [0, 0.05) is 5.92 Å². The third-order valence-electron chi connectivity index (χ3n) is 2.34. The van der Waals surface area contributed by atoms with Crippen molar-refractivity contribution in [2.24, 2.45) is 5.73 Å². The van der Waals surface area contributed by atoms with Crippen LogP contribution in [0.3, 0.4) is 0 Å². The maximum absolute atomic E-state index is 11.7. The minimum absolute atomic E-state index is 0.148. The minimum Gasteiger partial charge on any atom is -0.408 e. The molecule has 0 saturated carbocycles. The molecule has 1 rings (SSSR count). The van der Waals surface area contributed by atoms with Crippen LogP contribution in [-0.4, -0.2) is 47.7 Å². The average Bonchev–Trinajstić information content (AvgIpc) is 2.74. The van der Waals surface area contributed by atoms with Crippen molar-refractivity contribution >= 4 is 11.9 Å². The molecule has 1 aromatic rings. The van der Waals surface area contributed by atoms with E-state index >= 15 is 0 Å². The zero-order chi connectivity index (χ0) is 13.5. The first-order chi connectivity index (χ1) is 8.52. The number of carbonyl (C=O) groups excluding carboxylic acids is 1. The topological polar surface area (TPSA) is 97.3 Å². The molecule has 0 unspecified atom stereocenters. The van der Waals surface area contributed by atoms with Gasteiger partial charge in [-0.1, -0.05) is 18.9 Å². The van der Waals surface area contributed by atoms with Crippen molar-refractivity contribution in [1.82, 2.24) is 15.1 Å². The largest absolute Gasteiger partial charge is 0.408 e. The van der Waals surface area contributed by atoms with E-state index in [0.29, 0.717) is 12.4 Å². The van der Waals surface area contributed by atoms with Crippen molar-refractivity contribution in [3.63, 3.8) is 0 Å². The number of rotatable bonds is 7. The summed E-state index contributed by atoms with van der Waals surface area (Å²) >= 11 is 0. The molecule has 7 heteroatoms. The molecular formula is C11H21N5O2. The third kappa shape index (κ3) is 4.80. The lowest BCUT2D eigenvalue weighted by atomic mass is 10.2. The third-order valence-corrected chi connectivity index (χ3v) is 2.34. The monoisotopic (exact) mass is 255 g/mol. The van der Waals surface area contributed by atoms with E-state index in [-0.39, 0.29) is 24.4 Å². The van der Waals surface area contributed by atoms with Gasteiger partial charge in [0.05, 0.1) is 6.54 Å². The van der Waals surface area contributed by atoms with Crippen LogP contribution < -0.4 is 11.1 Å². The Kier molecular flexibility index (Phi) is 5.73. The number of hydrogen-bond donors (Lipinski definition) is 2. The quantitative estimate of drug-likeness (QED) is 0.732. The number of aromatic nitrogens is 2. The molecule has 3 N–H and O–H groups in total. The molecule has 18 heavy (non-hydrogen) atoms. The van der Waals surface area contributed by atoms with Crippen LogP contribution in [0.4, 0.5) is 6.01 Å². The Morgan fingerprint density at radius 1 is 1.50 bits per heavy atom. The molecule has 0 radical (unpaired) electrons. The highest BCUT2D eigenvalue weighted by molar-refractivity contribution is 5.90. The van der Waals surface area contributed by atoms with Crippen molar-refractivity contribution in [2.75, 3.05) is 32.0 Å². The lowest BCUT2D eigenvalue weighted by Gasteiger charge is -2.14. The normalized spacial score (nSPS) is 11.2. The fourth-order valence-electron chi connectivity index (χ4n) is 1.36. The highest BCUT2D eigenvalue weighted by atomic mass is 16.4. The molecule has 1 amide bonds. The molecule has 0 saturated heterocycles. The number of amides is 1. The van der Waals surface area contributed by atoms with E-state index in [0.717, 1.165) is 13.0 Å². The van der Waals surface area contributed by atoms with Crippen LogP contribution in [0.5, 0.6) is 0 Å². The van der Waals surface area contributed by atoms with Gasteiger partial charge in [-0.15, -0.1) is 5.10 Å². The van der Waals surface area contributed by atoms with Crippen LogP contribution >= 0.6 is 0 Å². The molecule has 0 aliphatic rings. The first-order valence-electron chi connectivity index (χ1n) is 6.04. The highest BCUT2D eigenvalue weighted by Crippen LogP contribution is 2.14. The van der Waals surface area contributed by atoms with Gasteiger partial charge in [0.15, 0.2) is 0 Å². The van der Waals surface area contributed by atoms with Gasteiger partial charge in [0.2, 0.25) is 11.8 Å².